The van der Waals surface area contributed by atoms with Gasteiger partial charge in [-0.2, -0.15) is 0 Å². The number of likely N-dealkylation sites (tertiary alicyclic amines) is 1. The summed E-state index contributed by atoms with van der Waals surface area (Å²) >= 11 is 0. The zero-order chi connectivity index (χ0) is 41.9. The lowest BCUT2D eigenvalue weighted by Gasteiger charge is -2.30. The average Bonchev–Trinajstić information content (AvgIpc) is 3.78. The molecule has 0 saturated carbocycles. The average molecular weight is 792 g/mol. The molecule has 0 aliphatic carbocycles. The third kappa shape index (κ3) is 13.5. The molecule has 1 aromatic heterocycles. The molecule has 0 unspecified atom stereocenters. The number of fused-ring (bicyclic) bond motifs is 1. The number of carbonyl (C=O) groups excluding carboxylic acids is 5. The van der Waals surface area contributed by atoms with E-state index in [9.17, 15) is 28.8 Å². The van der Waals surface area contributed by atoms with Gasteiger partial charge in [-0.05, 0) is 103 Å². The van der Waals surface area contributed by atoms with E-state index in [1.54, 1.807) is 51.2 Å². The van der Waals surface area contributed by atoms with E-state index < -0.39 is 77.6 Å². The van der Waals surface area contributed by atoms with E-state index >= 15 is 0 Å². The van der Waals surface area contributed by atoms with Crippen molar-refractivity contribution < 1.29 is 43.3 Å². The van der Waals surface area contributed by atoms with Crippen LogP contribution in [-0.4, -0.2) is 106 Å². The van der Waals surface area contributed by atoms with Crippen LogP contribution >= 0.6 is 0 Å². The summed E-state index contributed by atoms with van der Waals surface area (Å²) in [5, 5.41) is 20.6. The highest BCUT2D eigenvalue weighted by Crippen LogP contribution is 2.24. The highest BCUT2D eigenvalue weighted by molar-refractivity contribution is 5.96. The normalized spacial score (nSPS) is 15.9. The predicted octanol–water partition coefficient (Wildman–Crippen LogP) is 2.92. The fraction of sp³-hybridized carbons (Fsp3) is 0.512. The molecular weight excluding hydrogens is 734 g/mol. The molecular formula is C41H57N7O9. The fourth-order valence-corrected chi connectivity index (χ4v) is 6.58. The summed E-state index contributed by atoms with van der Waals surface area (Å²) in [7, 11) is 0. The zero-order valence-corrected chi connectivity index (χ0v) is 33.6. The minimum atomic E-state index is -1.22. The third-order valence-electron chi connectivity index (χ3n) is 9.09. The number of nitrogens with two attached hydrogens (primary N) is 1. The van der Waals surface area contributed by atoms with Crippen molar-refractivity contribution in [3.8, 4) is 5.75 Å². The van der Waals surface area contributed by atoms with Gasteiger partial charge >= 0.3 is 12.1 Å². The lowest BCUT2D eigenvalue weighted by Crippen LogP contribution is -2.59. The number of H-pyrrole nitrogens is 1. The summed E-state index contributed by atoms with van der Waals surface area (Å²) in [6.45, 7) is 10.7. The number of aromatic nitrogens is 1. The van der Waals surface area contributed by atoms with Crippen LogP contribution in [0.4, 0.5) is 4.79 Å². The molecule has 8 N–H and O–H groups in total. The Bertz CT molecular complexity index is 1880. The number of amides is 5. The molecule has 5 amide bonds. The number of aromatic amines is 1. The molecule has 2 heterocycles. The first-order valence-corrected chi connectivity index (χ1v) is 19.3. The Morgan fingerprint density at radius 3 is 2.19 bits per heavy atom. The number of alkyl carbamates (subject to hydrolysis) is 1. The van der Waals surface area contributed by atoms with Crippen molar-refractivity contribution >= 4 is 46.6 Å². The van der Waals surface area contributed by atoms with Crippen LogP contribution in [0, 0.1) is 0 Å². The number of benzene rings is 2. The Kier molecular flexibility index (Phi) is 15.1. The number of rotatable bonds is 17. The maximum Gasteiger partial charge on any atom is 0.408 e. The van der Waals surface area contributed by atoms with E-state index in [-0.39, 0.29) is 32.4 Å². The molecule has 2 aromatic carbocycles. The number of carboxylic acids is 1. The van der Waals surface area contributed by atoms with E-state index in [1.807, 2.05) is 45.0 Å². The van der Waals surface area contributed by atoms with Gasteiger partial charge in [0, 0.05) is 36.5 Å². The van der Waals surface area contributed by atoms with E-state index in [4.69, 9.17) is 20.3 Å². The molecule has 16 nitrogen and oxygen atoms in total. The van der Waals surface area contributed by atoms with Crippen molar-refractivity contribution in [3.63, 3.8) is 0 Å². The Hall–Kier alpha value is -5.64. The van der Waals surface area contributed by atoms with E-state index in [1.165, 1.54) is 4.90 Å². The van der Waals surface area contributed by atoms with Crippen molar-refractivity contribution in [1.29, 1.82) is 0 Å². The van der Waals surface area contributed by atoms with Crippen molar-refractivity contribution in [2.24, 2.45) is 5.73 Å². The molecule has 16 heteroatoms. The number of hydrogen-bond acceptors (Lipinski definition) is 9. The highest BCUT2D eigenvalue weighted by atomic mass is 16.6. The van der Waals surface area contributed by atoms with Crippen LogP contribution in [0.25, 0.3) is 10.9 Å². The molecule has 4 atom stereocenters. The molecule has 4 rings (SSSR count). The first-order chi connectivity index (χ1) is 26.8. The van der Waals surface area contributed by atoms with Crippen LogP contribution in [-0.2, 0) is 41.6 Å². The van der Waals surface area contributed by atoms with E-state index in [0.29, 0.717) is 30.6 Å². The Labute approximate surface area is 333 Å². The summed E-state index contributed by atoms with van der Waals surface area (Å²) < 4.78 is 11.4. The monoisotopic (exact) mass is 791 g/mol. The predicted molar refractivity (Wildman–Crippen MR) is 213 cm³/mol. The summed E-state index contributed by atoms with van der Waals surface area (Å²) in [4.78, 5) is 84.3. The minimum Gasteiger partial charge on any atom is -0.488 e. The van der Waals surface area contributed by atoms with E-state index in [0.717, 1.165) is 16.5 Å². The van der Waals surface area contributed by atoms with Gasteiger partial charge in [-0.3, -0.25) is 24.0 Å². The minimum absolute atomic E-state index is 0.0455. The molecule has 1 saturated heterocycles. The molecule has 3 aromatic rings. The lowest BCUT2D eigenvalue weighted by atomic mass is 10.0. The van der Waals surface area contributed by atoms with Crippen LogP contribution in [0.5, 0.6) is 5.75 Å². The molecule has 0 bridgehead atoms. The SMILES string of the molecule is CC(C)(C)OC(=O)N[C@@H](Cc1ccc(OC(C)(C)C)cc1)C(=O)N[C@H](CCCN)C(=O)N[C@@H](Cc1c[nH]c2ccccc12)C(=O)N1CCC[C@@H]1C(=O)NCC(=O)O. The van der Waals surface area contributed by atoms with Crippen molar-refractivity contribution in [2.75, 3.05) is 19.6 Å². The lowest BCUT2D eigenvalue weighted by molar-refractivity contribution is -0.143. The summed E-state index contributed by atoms with van der Waals surface area (Å²) in [6.07, 6.45) is 2.30. The maximum atomic E-state index is 14.3. The van der Waals surface area contributed by atoms with Gasteiger partial charge in [0.1, 0.15) is 47.7 Å². The number of aliphatic carboxylic acids is 1. The Morgan fingerprint density at radius 1 is 0.877 bits per heavy atom. The van der Waals surface area contributed by atoms with Gasteiger partial charge in [-0.15, -0.1) is 0 Å². The zero-order valence-electron chi connectivity index (χ0n) is 33.6. The van der Waals surface area contributed by atoms with E-state index in [2.05, 4.69) is 26.3 Å². The van der Waals surface area contributed by atoms with Crippen LogP contribution in [0.15, 0.2) is 54.7 Å². The van der Waals surface area contributed by atoms with Crippen molar-refractivity contribution in [1.82, 2.24) is 31.2 Å². The Morgan fingerprint density at radius 2 is 1.54 bits per heavy atom. The molecule has 1 aliphatic heterocycles. The first kappa shape index (κ1) is 44.1. The summed E-state index contributed by atoms with van der Waals surface area (Å²) in [5.74, 6) is -3.06. The van der Waals surface area contributed by atoms with Crippen molar-refractivity contribution in [3.05, 3.63) is 65.9 Å². The van der Waals surface area contributed by atoms with Crippen molar-refractivity contribution in [2.45, 2.75) is 115 Å². The Balaban J connectivity index is 1.60. The van der Waals surface area contributed by atoms with Gasteiger partial charge in [-0.25, -0.2) is 4.79 Å². The second kappa shape index (κ2) is 19.5. The number of carboxylic acid groups (broad SMARTS) is 1. The van der Waals surface area contributed by atoms with Crippen LogP contribution in [0.2, 0.25) is 0 Å². The summed E-state index contributed by atoms with van der Waals surface area (Å²) in [5.41, 5.74) is 6.83. The first-order valence-electron chi connectivity index (χ1n) is 19.3. The summed E-state index contributed by atoms with van der Waals surface area (Å²) in [6, 6.07) is 10.2. The standard InChI is InChI=1S/C41H57N7O9/c1-40(2,3)56-27-17-15-25(16-18-27)21-31(47-39(55)57-41(4,5)6)36(52)45-30(13-9-19-42)35(51)46-32(22-26-23-43-29-12-8-7-11-28(26)29)38(54)48-20-10-14-33(48)37(53)44-24-34(49)50/h7-8,11-12,15-18,23,30-33,43H,9-10,13-14,19-22,24,42H2,1-6H3,(H,44,53)(H,45,52)(H,46,51)(H,47,55)(H,49,50)/t30-,31+,32+,33-/m1/s1. The molecule has 0 spiro atoms. The second-order valence-electron chi connectivity index (χ2n) is 16.2. The van der Waals surface area contributed by atoms with Gasteiger partial charge in [-0.1, -0.05) is 30.3 Å². The fourth-order valence-electron chi connectivity index (χ4n) is 6.58. The molecule has 57 heavy (non-hydrogen) atoms. The quantitative estimate of drug-likeness (QED) is 0.106. The topological polar surface area (TPSA) is 234 Å². The molecule has 0 radical (unpaired) electrons. The van der Waals surface area contributed by atoms with Gasteiger partial charge < -0.3 is 51.5 Å². The number of para-hydroxylation sites is 1. The highest BCUT2D eigenvalue weighted by Gasteiger charge is 2.39. The molecule has 1 aliphatic rings. The third-order valence-corrected chi connectivity index (χ3v) is 9.09. The van der Waals surface area contributed by atoms with Gasteiger partial charge in [0.25, 0.3) is 0 Å². The molecule has 1 fully saturated rings. The van der Waals surface area contributed by atoms with Crippen LogP contribution in [0.1, 0.15) is 78.4 Å². The number of ether oxygens (including phenoxy) is 2. The number of hydrogen-bond donors (Lipinski definition) is 7. The number of carbonyl (C=O) groups is 6. The molecule has 310 valence electrons. The smallest absolute Gasteiger partial charge is 0.408 e. The number of nitrogens with one attached hydrogen (secondary N) is 5. The van der Waals surface area contributed by atoms with Gasteiger partial charge in [0.2, 0.25) is 23.6 Å². The van der Waals surface area contributed by atoms with Crippen LogP contribution < -0.4 is 31.7 Å². The maximum absolute atomic E-state index is 14.3. The van der Waals surface area contributed by atoms with Gasteiger partial charge in [0.05, 0.1) is 0 Å². The van der Waals surface area contributed by atoms with Gasteiger partial charge in [0.15, 0.2) is 0 Å². The number of nitrogens with zero attached hydrogens (tertiary/aromatic N) is 1. The second-order valence-corrected chi connectivity index (χ2v) is 16.2. The largest absolute Gasteiger partial charge is 0.488 e. The van der Waals surface area contributed by atoms with Crippen LogP contribution in [0.3, 0.4) is 0 Å².